The predicted molar refractivity (Wildman–Crippen MR) is 107 cm³/mol. The van der Waals surface area contributed by atoms with Crippen LogP contribution in [0.2, 0.25) is 5.02 Å². The number of anilines is 1. The Kier molecular flexibility index (Phi) is 6.53. The molecule has 0 aliphatic carbocycles. The first-order valence-electron chi connectivity index (χ1n) is 8.38. The Labute approximate surface area is 171 Å². The summed E-state index contributed by atoms with van der Waals surface area (Å²) in [5.41, 5.74) is 1.47. The van der Waals surface area contributed by atoms with E-state index in [0.717, 1.165) is 5.56 Å². The number of carbonyl (C=O) groups excluding carboxylic acids is 1. The third-order valence-electron chi connectivity index (χ3n) is 3.88. The van der Waals surface area contributed by atoms with Crippen LogP contribution in [-0.2, 0) is 18.4 Å². The van der Waals surface area contributed by atoms with Crippen LogP contribution < -0.4 is 10.1 Å². The Morgan fingerprint density at radius 2 is 2.00 bits per heavy atom. The smallest absolute Gasteiger partial charge is 0.234 e. The largest absolute Gasteiger partial charge is 0.486 e. The van der Waals surface area contributed by atoms with E-state index in [4.69, 9.17) is 16.3 Å². The van der Waals surface area contributed by atoms with Gasteiger partial charge in [-0.1, -0.05) is 23.4 Å². The summed E-state index contributed by atoms with van der Waals surface area (Å²) in [5.74, 6) is 0.913. The molecule has 0 atom stereocenters. The number of nitrogens with one attached hydrogen (secondary N) is 1. The van der Waals surface area contributed by atoms with Crippen molar-refractivity contribution < 1.29 is 13.9 Å². The van der Waals surface area contributed by atoms with E-state index >= 15 is 0 Å². The summed E-state index contributed by atoms with van der Waals surface area (Å²) < 4.78 is 20.4. The van der Waals surface area contributed by atoms with Gasteiger partial charge in [-0.05, 0) is 55.0 Å². The molecule has 0 spiro atoms. The van der Waals surface area contributed by atoms with Crippen LogP contribution in [0.4, 0.5) is 10.1 Å². The molecule has 0 aliphatic rings. The molecule has 0 fully saturated rings. The zero-order chi connectivity index (χ0) is 20.1. The summed E-state index contributed by atoms with van der Waals surface area (Å²) in [6.07, 6.45) is 0. The molecule has 1 N–H and O–H groups in total. The summed E-state index contributed by atoms with van der Waals surface area (Å²) in [7, 11) is 1.81. The van der Waals surface area contributed by atoms with Crippen LogP contribution in [0, 0.1) is 12.7 Å². The fraction of sp³-hybridized carbons (Fsp3) is 0.211. The Hall–Kier alpha value is -2.58. The van der Waals surface area contributed by atoms with Gasteiger partial charge >= 0.3 is 0 Å². The average molecular weight is 421 g/mol. The highest BCUT2D eigenvalue weighted by Crippen LogP contribution is 2.22. The fourth-order valence-corrected chi connectivity index (χ4v) is 3.16. The topological polar surface area (TPSA) is 69.0 Å². The molecule has 0 saturated heterocycles. The first kappa shape index (κ1) is 20.2. The number of amides is 1. The number of thioether (sulfide) groups is 1. The minimum absolute atomic E-state index is 0.153. The van der Waals surface area contributed by atoms with Gasteiger partial charge in [0.25, 0.3) is 0 Å². The predicted octanol–water partition coefficient (Wildman–Crippen LogP) is 4.23. The molecule has 0 aliphatic heterocycles. The molecule has 0 unspecified atom stereocenters. The molecule has 28 heavy (non-hydrogen) atoms. The Balaban J connectivity index is 1.53. The van der Waals surface area contributed by atoms with E-state index in [1.165, 1.54) is 36.0 Å². The van der Waals surface area contributed by atoms with Gasteiger partial charge in [-0.15, -0.1) is 10.2 Å². The van der Waals surface area contributed by atoms with Gasteiger partial charge in [0.1, 0.15) is 18.2 Å². The molecular formula is C19H18ClFN4O2S. The Morgan fingerprint density at radius 1 is 1.25 bits per heavy atom. The first-order chi connectivity index (χ1) is 13.4. The molecule has 3 rings (SSSR count). The van der Waals surface area contributed by atoms with Gasteiger partial charge in [0, 0.05) is 17.8 Å². The van der Waals surface area contributed by atoms with Gasteiger partial charge in [-0.2, -0.15) is 0 Å². The van der Waals surface area contributed by atoms with Crippen molar-refractivity contribution in [2.24, 2.45) is 7.05 Å². The minimum Gasteiger partial charge on any atom is -0.486 e. The number of nitrogens with zero attached hydrogens (tertiary/aromatic N) is 3. The highest BCUT2D eigenvalue weighted by Gasteiger charge is 2.12. The number of benzene rings is 2. The summed E-state index contributed by atoms with van der Waals surface area (Å²) in [5, 5.41) is 12.2. The molecular weight excluding hydrogens is 403 g/mol. The lowest BCUT2D eigenvalue weighted by molar-refractivity contribution is -0.113. The van der Waals surface area contributed by atoms with E-state index in [1.807, 2.05) is 20.0 Å². The number of rotatable bonds is 7. The summed E-state index contributed by atoms with van der Waals surface area (Å²) in [6.45, 7) is 2.15. The lowest BCUT2D eigenvalue weighted by atomic mass is 10.2. The van der Waals surface area contributed by atoms with Crippen molar-refractivity contribution >= 4 is 35.0 Å². The highest BCUT2D eigenvalue weighted by atomic mass is 35.5. The van der Waals surface area contributed by atoms with Crippen molar-refractivity contribution in [3.05, 3.63) is 64.7 Å². The van der Waals surface area contributed by atoms with Crippen LogP contribution >= 0.6 is 23.4 Å². The van der Waals surface area contributed by atoms with E-state index in [9.17, 15) is 9.18 Å². The molecule has 0 bridgehead atoms. The number of hydrogen-bond acceptors (Lipinski definition) is 5. The molecule has 0 radical (unpaired) electrons. The van der Waals surface area contributed by atoms with Crippen LogP contribution in [-0.4, -0.2) is 26.4 Å². The quantitative estimate of drug-likeness (QED) is 0.579. The maximum Gasteiger partial charge on any atom is 0.234 e. The third-order valence-corrected chi connectivity index (χ3v) is 5.33. The molecule has 2 aromatic carbocycles. The molecule has 1 aromatic heterocycles. The van der Waals surface area contributed by atoms with E-state index in [1.54, 1.807) is 16.7 Å². The number of aromatic nitrogens is 3. The monoisotopic (exact) mass is 420 g/mol. The van der Waals surface area contributed by atoms with Crippen molar-refractivity contribution in [2.75, 3.05) is 11.1 Å². The van der Waals surface area contributed by atoms with Crippen LogP contribution in [0.3, 0.4) is 0 Å². The van der Waals surface area contributed by atoms with Gasteiger partial charge < -0.3 is 14.6 Å². The van der Waals surface area contributed by atoms with Crippen molar-refractivity contribution in [2.45, 2.75) is 18.7 Å². The number of halogens is 2. The number of aryl methyl sites for hydroxylation is 1. The molecule has 146 valence electrons. The molecule has 9 heteroatoms. The van der Waals surface area contributed by atoms with Crippen LogP contribution in [0.15, 0.2) is 47.6 Å². The van der Waals surface area contributed by atoms with E-state index in [-0.39, 0.29) is 24.1 Å². The van der Waals surface area contributed by atoms with Crippen molar-refractivity contribution in [1.29, 1.82) is 0 Å². The van der Waals surface area contributed by atoms with E-state index < -0.39 is 0 Å². The lowest BCUT2D eigenvalue weighted by Gasteiger charge is -2.08. The number of carbonyl (C=O) groups is 1. The van der Waals surface area contributed by atoms with E-state index in [2.05, 4.69) is 15.5 Å². The number of hydrogen-bond donors (Lipinski definition) is 1. The molecule has 1 amide bonds. The van der Waals surface area contributed by atoms with Gasteiger partial charge in [0.15, 0.2) is 11.0 Å². The molecule has 6 nitrogen and oxygen atoms in total. The molecule has 3 aromatic rings. The van der Waals surface area contributed by atoms with Crippen molar-refractivity contribution in [3.8, 4) is 5.75 Å². The normalized spacial score (nSPS) is 10.7. The fourth-order valence-electron chi connectivity index (χ4n) is 2.31. The van der Waals surface area contributed by atoms with Crippen LogP contribution in [0.1, 0.15) is 11.4 Å². The lowest BCUT2D eigenvalue weighted by Crippen LogP contribution is -2.14. The minimum atomic E-state index is -0.352. The summed E-state index contributed by atoms with van der Waals surface area (Å²) in [4.78, 5) is 12.0. The van der Waals surface area contributed by atoms with Gasteiger partial charge in [-0.3, -0.25) is 4.79 Å². The second-order valence-electron chi connectivity index (χ2n) is 6.00. The standard InChI is InChI=1S/C19H18ClFN4O2S/c1-12-9-15(7-8-16(12)20)27-10-17-23-24-19(25(17)2)28-11-18(26)22-14-5-3-13(21)4-6-14/h3-9H,10-11H2,1-2H3,(H,22,26). The second-order valence-corrected chi connectivity index (χ2v) is 7.35. The maximum absolute atomic E-state index is 12.9. The summed E-state index contributed by atoms with van der Waals surface area (Å²) >= 11 is 7.27. The Bertz CT molecular complexity index is 979. The zero-order valence-electron chi connectivity index (χ0n) is 15.3. The SMILES string of the molecule is Cc1cc(OCc2nnc(SCC(=O)Nc3ccc(F)cc3)n2C)ccc1Cl. The molecule has 1 heterocycles. The van der Waals surface area contributed by atoms with Gasteiger partial charge in [0.05, 0.1) is 5.75 Å². The zero-order valence-corrected chi connectivity index (χ0v) is 16.9. The van der Waals surface area contributed by atoms with Gasteiger partial charge in [-0.25, -0.2) is 4.39 Å². The highest BCUT2D eigenvalue weighted by molar-refractivity contribution is 7.99. The average Bonchev–Trinajstić information content (AvgIpc) is 3.03. The van der Waals surface area contributed by atoms with Crippen molar-refractivity contribution in [1.82, 2.24) is 14.8 Å². The van der Waals surface area contributed by atoms with E-state index in [0.29, 0.717) is 27.4 Å². The van der Waals surface area contributed by atoms with Crippen LogP contribution in [0.5, 0.6) is 5.75 Å². The van der Waals surface area contributed by atoms with Crippen molar-refractivity contribution in [3.63, 3.8) is 0 Å². The van der Waals surface area contributed by atoms with Gasteiger partial charge in [0.2, 0.25) is 5.91 Å². The summed E-state index contributed by atoms with van der Waals surface area (Å²) in [6, 6.07) is 11.0. The molecule has 0 saturated carbocycles. The second kappa shape index (κ2) is 9.07. The van der Waals surface area contributed by atoms with Crippen LogP contribution in [0.25, 0.3) is 0 Å². The Morgan fingerprint density at radius 3 is 2.71 bits per heavy atom. The first-order valence-corrected chi connectivity index (χ1v) is 9.74. The third kappa shape index (κ3) is 5.24. The number of ether oxygens (including phenoxy) is 1. The maximum atomic E-state index is 12.9.